The van der Waals surface area contributed by atoms with Crippen LogP contribution in [0.4, 0.5) is 0 Å². The minimum atomic E-state index is -0.648. The molecular weight excluding hydrogens is 384 g/mol. The molecule has 7 atom stereocenters. The Hall–Kier alpha value is -0.900. The molecule has 3 aliphatic carbocycles. The molecule has 3 rings (SSSR count). The van der Waals surface area contributed by atoms with Gasteiger partial charge in [-0.05, 0) is 93.1 Å². The Balaban J connectivity index is 1.71. The Bertz CT molecular complexity index is 712. The van der Waals surface area contributed by atoms with Crippen molar-refractivity contribution < 1.29 is 15.3 Å². The molecule has 0 heterocycles. The van der Waals surface area contributed by atoms with E-state index in [1.807, 2.05) is 20.8 Å². The molecule has 0 saturated heterocycles. The molecule has 0 spiro atoms. The lowest BCUT2D eigenvalue weighted by Gasteiger charge is -2.44. The molecule has 0 aromatic carbocycles. The summed E-state index contributed by atoms with van der Waals surface area (Å²) in [5, 5.41) is 30.7. The molecule has 0 bridgehead atoms. The van der Waals surface area contributed by atoms with Gasteiger partial charge in [0.1, 0.15) is 0 Å². The van der Waals surface area contributed by atoms with Crippen LogP contribution in [-0.2, 0) is 0 Å². The summed E-state index contributed by atoms with van der Waals surface area (Å²) in [6.07, 6.45) is 13.4. The van der Waals surface area contributed by atoms with E-state index >= 15 is 0 Å². The minimum absolute atomic E-state index is 0.149. The fourth-order valence-electron chi connectivity index (χ4n) is 6.91. The topological polar surface area (TPSA) is 60.7 Å². The number of aliphatic hydroxyl groups is 3. The van der Waals surface area contributed by atoms with Gasteiger partial charge in [-0.25, -0.2) is 0 Å². The zero-order valence-electron chi connectivity index (χ0n) is 20.5. The molecule has 0 aromatic rings. The van der Waals surface area contributed by atoms with Crippen molar-refractivity contribution in [3.63, 3.8) is 0 Å². The van der Waals surface area contributed by atoms with Crippen LogP contribution in [0.1, 0.15) is 92.4 Å². The van der Waals surface area contributed by atoms with Crippen LogP contribution < -0.4 is 0 Å². The van der Waals surface area contributed by atoms with Gasteiger partial charge in [0.05, 0.1) is 17.8 Å². The molecule has 3 saturated carbocycles. The molecule has 3 heteroatoms. The normalized spacial score (nSPS) is 40.4. The van der Waals surface area contributed by atoms with Crippen molar-refractivity contribution in [1.82, 2.24) is 0 Å². The second-order valence-corrected chi connectivity index (χ2v) is 11.8. The Kier molecular flexibility index (Phi) is 7.61. The fraction of sp³-hybridized carbons (Fsp3) is 0.786. The SMILES string of the molecule is C=C1C(=CC=C2CCC[C@]3(C)[C@@H]([C@@H](C)CCCC(C)(C)O)CC[C@@H]23)C[C@H](O)[C@@H](C)[C@@H]1O. The molecule has 176 valence electrons. The van der Waals surface area contributed by atoms with Crippen molar-refractivity contribution in [2.45, 2.75) is 110 Å². The van der Waals surface area contributed by atoms with Crippen LogP contribution in [-0.4, -0.2) is 33.1 Å². The van der Waals surface area contributed by atoms with Crippen molar-refractivity contribution in [3.8, 4) is 0 Å². The summed E-state index contributed by atoms with van der Waals surface area (Å²) in [7, 11) is 0. The molecule has 3 aliphatic rings. The van der Waals surface area contributed by atoms with E-state index in [9.17, 15) is 15.3 Å². The van der Waals surface area contributed by atoms with Gasteiger partial charge in [-0.2, -0.15) is 0 Å². The number of rotatable bonds is 6. The molecule has 0 aromatic heterocycles. The summed E-state index contributed by atoms with van der Waals surface area (Å²) in [6, 6.07) is 0. The second kappa shape index (κ2) is 9.53. The van der Waals surface area contributed by atoms with Crippen LogP contribution in [0.2, 0.25) is 0 Å². The zero-order valence-corrected chi connectivity index (χ0v) is 20.5. The summed E-state index contributed by atoms with van der Waals surface area (Å²) in [4.78, 5) is 0. The molecule has 3 nitrogen and oxygen atoms in total. The Labute approximate surface area is 190 Å². The quantitative estimate of drug-likeness (QED) is 0.488. The number of aliphatic hydroxyl groups excluding tert-OH is 2. The Morgan fingerprint density at radius 3 is 2.61 bits per heavy atom. The van der Waals surface area contributed by atoms with Gasteiger partial charge in [-0.1, -0.05) is 57.9 Å². The standard InChI is InChI=1S/C28H46O3/c1-18(9-7-15-27(4,5)31)23-13-14-24-21(10-8-16-28(23,24)6)11-12-22-17-25(29)20(3)26(30)19(22)2/h11-12,18,20,23-26,29-31H,2,7-10,13-17H2,1,3-6H3/t18-,20+,23+,24-,25-,26+,28+/m0/s1. The highest BCUT2D eigenvalue weighted by atomic mass is 16.3. The van der Waals surface area contributed by atoms with Gasteiger partial charge in [-0.15, -0.1) is 0 Å². The van der Waals surface area contributed by atoms with E-state index in [-0.39, 0.29) is 5.92 Å². The van der Waals surface area contributed by atoms with E-state index in [1.165, 1.54) is 32.1 Å². The molecule has 31 heavy (non-hydrogen) atoms. The molecule has 0 amide bonds. The first-order chi connectivity index (χ1) is 14.4. The van der Waals surface area contributed by atoms with Crippen LogP contribution in [0, 0.1) is 29.1 Å². The van der Waals surface area contributed by atoms with Crippen LogP contribution in [0.3, 0.4) is 0 Å². The molecule has 0 unspecified atom stereocenters. The molecule has 0 aliphatic heterocycles. The van der Waals surface area contributed by atoms with Crippen LogP contribution >= 0.6 is 0 Å². The number of hydrogen-bond donors (Lipinski definition) is 3. The van der Waals surface area contributed by atoms with Gasteiger partial charge in [0.2, 0.25) is 0 Å². The predicted molar refractivity (Wildman–Crippen MR) is 129 cm³/mol. The van der Waals surface area contributed by atoms with Crippen molar-refractivity contribution >= 4 is 0 Å². The molecule has 3 fully saturated rings. The second-order valence-electron chi connectivity index (χ2n) is 11.8. The number of hydrogen-bond acceptors (Lipinski definition) is 3. The monoisotopic (exact) mass is 430 g/mol. The van der Waals surface area contributed by atoms with Gasteiger partial charge in [0.25, 0.3) is 0 Å². The van der Waals surface area contributed by atoms with E-state index < -0.39 is 17.8 Å². The number of fused-ring (bicyclic) bond motifs is 1. The van der Waals surface area contributed by atoms with Crippen LogP contribution in [0.15, 0.2) is 35.5 Å². The summed E-state index contributed by atoms with van der Waals surface area (Å²) >= 11 is 0. The maximum absolute atomic E-state index is 10.4. The van der Waals surface area contributed by atoms with Gasteiger partial charge < -0.3 is 15.3 Å². The predicted octanol–water partition coefficient (Wildman–Crippen LogP) is 5.95. The van der Waals surface area contributed by atoms with Gasteiger partial charge in [0, 0.05) is 5.92 Å². The van der Waals surface area contributed by atoms with Gasteiger partial charge in [-0.3, -0.25) is 0 Å². The minimum Gasteiger partial charge on any atom is -0.392 e. The van der Waals surface area contributed by atoms with Gasteiger partial charge >= 0.3 is 0 Å². The smallest absolute Gasteiger partial charge is 0.0837 e. The van der Waals surface area contributed by atoms with Crippen LogP contribution in [0.5, 0.6) is 0 Å². The molecule has 3 N–H and O–H groups in total. The van der Waals surface area contributed by atoms with Crippen molar-refractivity contribution in [2.75, 3.05) is 0 Å². The fourth-order valence-corrected chi connectivity index (χ4v) is 6.91. The van der Waals surface area contributed by atoms with Crippen LogP contribution in [0.25, 0.3) is 0 Å². The van der Waals surface area contributed by atoms with Crippen molar-refractivity contribution in [1.29, 1.82) is 0 Å². The third-order valence-corrected chi connectivity index (χ3v) is 8.97. The lowest BCUT2D eigenvalue weighted by molar-refractivity contribution is 0.0283. The first-order valence-corrected chi connectivity index (χ1v) is 12.6. The van der Waals surface area contributed by atoms with E-state index in [0.717, 1.165) is 36.3 Å². The lowest BCUT2D eigenvalue weighted by Crippen LogP contribution is -2.36. The van der Waals surface area contributed by atoms with E-state index in [4.69, 9.17) is 0 Å². The summed E-state index contributed by atoms with van der Waals surface area (Å²) in [5.41, 5.74) is 3.15. The van der Waals surface area contributed by atoms with Crippen molar-refractivity contribution in [3.05, 3.63) is 35.5 Å². The third-order valence-electron chi connectivity index (χ3n) is 8.97. The Morgan fingerprint density at radius 1 is 1.23 bits per heavy atom. The first kappa shape index (κ1) is 24.7. The summed E-state index contributed by atoms with van der Waals surface area (Å²) in [5.74, 6) is 1.94. The average Bonchev–Trinajstić information content (AvgIpc) is 3.04. The van der Waals surface area contributed by atoms with Gasteiger partial charge in [0.15, 0.2) is 0 Å². The third kappa shape index (κ3) is 5.37. The van der Waals surface area contributed by atoms with E-state index in [1.54, 1.807) is 5.57 Å². The average molecular weight is 431 g/mol. The molecular formula is C28H46O3. The largest absolute Gasteiger partial charge is 0.392 e. The maximum Gasteiger partial charge on any atom is 0.0837 e. The van der Waals surface area contributed by atoms with E-state index in [2.05, 4.69) is 32.6 Å². The highest BCUT2D eigenvalue weighted by Crippen LogP contribution is 2.60. The zero-order chi connectivity index (χ0) is 23.0. The van der Waals surface area contributed by atoms with Crippen molar-refractivity contribution in [2.24, 2.45) is 29.1 Å². The highest BCUT2D eigenvalue weighted by Gasteiger charge is 2.50. The Morgan fingerprint density at radius 2 is 1.94 bits per heavy atom. The molecule has 0 radical (unpaired) electrons. The summed E-state index contributed by atoms with van der Waals surface area (Å²) < 4.78 is 0. The summed E-state index contributed by atoms with van der Waals surface area (Å²) in [6.45, 7) is 14.8. The van der Waals surface area contributed by atoms with E-state index in [0.29, 0.717) is 23.7 Å². The lowest BCUT2D eigenvalue weighted by atomic mass is 9.60. The number of allylic oxidation sites excluding steroid dienone is 3. The maximum atomic E-state index is 10.4. The highest BCUT2D eigenvalue weighted by molar-refractivity contribution is 5.39. The first-order valence-electron chi connectivity index (χ1n) is 12.6.